The van der Waals surface area contributed by atoms with Crippen LogP contribution in [0, 0.1) is 0 Å². The molecule has 27 heavy (non-hydrogen) atoms. The molecule has 0 atom stereocenters. The van der Waals surface area contributed by atoms with E-state index in [1.807, 2.05) is 54.4 Å². The Labute approximate surface area is 171 Å². The van der Waals surface area contributed by atoms with Gasteiger partial charge in [0.05, 0.1) is 23.5 Å². The van der Waals surface area contributed by atoms with Gasteiger partial charge < -0.3 is 9.64 Å². The molecule has 0 aromatic heterocycles. The van der Waals surface area contributed by atoms with Gasteiger partial charge in [-0.3, -0.25) is 9.69 Å². The topological polar surface area (TPSA) is 45.1 Å². The van der Waals surface area contributed by atoms with Crippen LogP contribution in [0.5, 0.6) is 5.75 Å². The lowest BCUT2D eigenvalue weighted by Gasteiger charge is -2.14. The highest BCUT2D eigenvalue weighted by molar-refractivity contribution is 8.19. The molecule has 0 spiro atoms. The highest BCUT2D eigenvalue weighted by atomic mass is 35.5. The van der Waals surface area contributed by atoms with E-state index in [9.17, 15) is 4.79 Å². The number of likely N-dealkylation sites (N-methyl/N-ethyl adjacent to an activating group) is 1. The maximum absolute atomic E-state index is 12.8. The summed E-state index contributed by atoms with van der Waals surface area (Å²) >= 11 is 9.09. The molecule has 8 heteroatoms. The number of carbonyl (C=O) groups excluding carboxylic acids is 1. The van der Waals surface area contributed by atoms with Crippen molar-refractivity contribution in [2.75, 3.05) is 26.1 Å². The molecule has 1 saturated heterocycles. The number of amides is 1. The Morgan fingerprint density at radius 3 is 2.48 bits per heavy atom. The lowest BCUT2D eigenvalue weighted by atomic mass is 10.3. The third kappa shape index (κ3) is 3.31. The third-order valence-corrected chi connectivity index (χ3v) is 6.98. The number of amidine groups is 1. The van der Waals surface area contributed by atoms with Gasteiger partial charge >= 0.3 is 0 Å². The smallest absolute Gasteiger partial charge is 0.269 e. The Morgan fingerprint density at radius 2 is 1.78 bits per heavy atom. The van der Waals surface area contributed by atoms with E-state index >= 15 is 0 Å². The fraction of sp³-hybridized carbons (Fsp3) is 0.158. The molecule has 2 aromatic carbocycles. The molecular formula is C19H16ClN3O2S2. The number of halogens is 1. The number of nitrogens with zero attached hydrogens (tertiary/aromatic N) is 3. The number of anilines is 1. The van der Waals surface area contributed by atoms with Crippen LogP contribution >= 0.6 is 35.1 Å². The highest BCUT2D eigenvalue weighted by Crippen LogP contribution is 2.50. The van der Waals surface area contributed by atoms with Crippen LogP contribution in [0.4, 0.5) is 11.4 Å². The normalized spacial score (nSPS) is 20.6. The van der Waals surface area contributed by atoms with Crippen LogP contribution in [0.2, 0.25) is 5.02 Å². The first kappa shape index (κ1) is 18.3. The number of aliphatic imine (C=N–C) groups is 1. The van der Waals surface area contributed by atoms with Crippen molar-refractivity contribution in [3.63, 3.8) is 0 Å². The van der Waals surface area contributed by atoms with E-state index in [1.165, 1.54) is 11.8 Å². The van der Waals surface area contributed by atoms with E-state index < -0.39 is 0 Å². The van der Waals surface area contributed by atoms with Crippen molar-refractivity contribution in [2.24, 2.45) is 4.99 Å². The minimum Gasteiger partial charge on any atom is -0.497 e. The number of methoxy groups -OCH3 is 1. The summed E-state index contributed by atoms with van der Waals surface area (Å²) in [4.78, 5) is 22.8. The van der Waals surface area contributed by atoms with Crippen molar-refractivity contribution < 1.29 is 9.53 Å². The largest absolute Gasteiger partial charge is 0.497 e. The van der Waals surface area contributed by atoms with Gasteiger partial charge in [0.25, 0.3) is 5.91 Å². The van der Waals surface area contributed by atoms with Crippen molar-refractivity contribution in [2.45, 2.75) is 4.90 Å². The molecule has 1 amide bonds. The second-order valence-corrected chi connectivity index (χ2v) is 8.41. The summed E-state index contributed by atoms with van der Waals surface area (Å²) in [5.74, 6) is 0.714. The van der Waals surface area contributed by atoms with Crippen LogP contribution in [-0.2, 0) is 4.79 Å². The van der Waals surface area contributed by atoms with Crippen molar-refractivity contribution in [1.29, 1.82) is 0 Å². The molecule has 1 fully saturated rings. The van der Waals surface area contributed by atoms with Crippen LogP contribution in [0.25, 0.3) is 0 Å². The van der Waals surface area contributed by atoms with Gasteiger partial charge in [0.1, 0.15) is 10.7 Å². The standard InChI is InChI=1S/C19H16ClN3O2S2/c1-22-14-10-11(20)4-9-15(14)26-18(22)16-17(24)23(2)19(27-16)21-12-5-7-13(25-3)8-6-12/h4-10H,1-3H3/b18-16-,21-19?. The van der Waals surface area contributed by atoms with Gasteiger partial charge in [0.15, 0.2) is 5.17 Å². The van der Waals surface area contributed by atoms with Gasteiger partial charge in [-0.25, -0.2) is 4.99 Å². The zero-order chi connectivity index (χ0) is 19.1. The molecule has 4 rings (SSSR count). The minimum absolute atomic E-state index is 0.0551. The monoisotopic (exact) mass is 417 g/mol. The predicted molar refractivity (Wildman–Crippen MR) is 113 cm³/mol. The van der Waals surface area contributed by atoms with E-state index in [0.717, 1.165) is 27.0 Å². The number of hydrogen-bond donors (Lipinski definition) is 0. The summed E-state index contributed by atoms with van der Waals surface area (Å²) < 4.78 is 5.17. The summed E-state index contributed by atoms with van der Waals surface area (Å²) in [6.45, 7) is 0. The van der Waals surface area contributed by atoms with E-state index in [2.05, 4.69) is 4.99 Å². The summed E-state index contributed by atoms with van der Waals surface area (Å²) in [5.41, 5.74) is 1.78. The third-order valence-electron chi connectivity index (χ3n) is 4.26. The maximum Gasteiger partial charge on any atom is 0.269 e. The van der Waals surface area contributed by atoms with Gasteiger partial charge in [-0.2, -0.15) is 0 Å². The van der Waals surface area contributed by atoms with E-state index in [1.54, 1.807) is 30.8 Å². The van der Waals surface area contributed by atoms with Crippen LogP contribution in [0.3, 0.4) is 0 Å². The Kier molecular flexibility index (Phi) is 4.84. The zero-order valence-corrected chi connectivity index (χ0v) is 17.3. The fourth-order valence-electron chi connectivity index (χ4n) is 2.76. The first-order valence-corrected chi connectivity index (χ1v) is 10.1. The highest BCUT2D eigenvalue weighted by Gasteiger charge is 2.37. The SMILES string of the molecule is COc1ccc(N=C2S/C(=C3\Sc4ccc(Cl)cc4N3C)C(=O)N2C)cc1. The fourth-order valence-corrected chi connectivity index (χ4v) is 5.24. The summed E-state index contributed by atoms with van der Waals surface area (Å²) in [7, 11) is 5.32. The molecule has 0 N–H and O–H groups in total. The number of fused-ring (bicyclic) bond motifs is 1. The Bertz CT molecular complexity index is 989. The molecule has 138 valence electrons. The summed E-state index contributed by atoms with van der Waals surface area (Å²) in [5, 5.41) is 2.22. The number of benzene rings is 2. The average Bonchev–Trinajstić information content (AvgIpc) is 3.14. The van der Waals surface area contributed by atoms with Gasteiger partial charge in [-0.1, -0.05) is 23.4 Å². The molecule has 2 heterocycles. The van der Waals surface area contributed by atoms with Gasteiger partial charge in [0, 0.05) is 24.0 Å². The zero-order valence-electron chi connectivity index (χ0n) is 14.9. The molecule has 2 aromatic rings. The van der Waals surface area contributed by atoms with Crippen LogP contribution in [0.15, 0.2) is 62.3 Å². The molecule has 0 unspecified atom stereocenters. The Balaban J connectivity index is 1.67. The molecule has 5 nitrogen and oxygen atoms in total. The molecule has 2 aliphatic heterocycles. The van der Waals surface area contributed by atoms with Crippen molar-refractivity contribution >= 4 is 57.6 Å². The summed E-state index contributed by atoms with van der Waals surface area (Å²) in [6.07, 6.45) is 0. The number of carbonyl (C=O) groups is 1. The lowest BCUT2D eigenvalue weighted by Crippen LogP contribution is -2.24. The van der Waals surface area contributed by atoms with Crippen LogP contribution in [0.1, 0.15) is 0 Å². The van der Waals surface area contributed by atoms with Crippen molar-refractivity contribution in [3.05, 3.63) is 57.4 Å². The molecule has 0 radical (unpaired) electrons. The van der Waals surface area contributed by atoms with Crippen LogP contribution < -0.4 is 9.64 Å². The first-order chi connectivity index (χ1) is 13.0. The van der Waals surface area contributed by atoms with Crippen molar-refractivity contribution in [3.8, 4) is 5.75 Å². The second kappa shape index (κ2) is 7.14. The van der Waals surface area contributed by atoms with E-state index in [0.29, 0.717) is 15.1 Å². The molecule has 0 bridgehead atoms. The number of hydrogen-bond acceptors (Lipinski definition) is 6. The minimum atomic E-state index is -0.0551. The van der Waals surface area contributed by atoms with E-state index in [4.69, 9.17) is 16.3 Å². The average molecular weight is 418 g/mol. The van der Waals surface area contributed by atoms with Crippen LogP contribution in [-0.4, -0.2) is 37.2 Å². The van der Waals surface area contributed by atoms with Gasteiger partial charge in [-0.15, -0.1) is 0 Å². The van der Waals surface area contributed by atoms with Gasteiger partial charge in [0.2, 0.25) is 0 Å². The summed E-state index contributed by atoms with van der Waals surface area (Å²) in [6, 6.07) is 13.2. The van der Waals surface area contributed by atoms with Crippen molar-refractivity contribution in [1.82, 2.24) is 4.90 Å². The molecule has 0 aliphatic carbocycles. The molecular weight excluding hydrogens is 402 g/mol. The lowest BCUT2D eigenvalue weighted by molar-refractivity contribution is -0.121. The Hall–Kier alpha value is -2.09. The van der Waals surface area contributed by atoms with Gasteiger partial charge in [-0.05, 0) is 54.2 Å². The maximum atomic E-state index is 12.8. The first-order valence-electron chi connectivity index (χ1n) is 8.12. The number of ether oxygens (including phenoxy) is 1. The molecule has 2 aliphatic rings. The quantitative estimate of drug-likeness (QED) is 0.646. The predicted octanol–water partition coefficient (Wildman–Crippen LogP) is 4.95. The number of rotatable bonds is 2. The number of thioether (sulfide) groups is 2. The van der Waals surface area contributed by atoms with E-state index in [-0.39, 0.29) is 5.91 Å². The second-order valence-electron chi connectivity index (χ2n) is 5.97. The molecule has 0 saturated carbocycles. The Morgan fingerprint density at radius 1 is 1.04 bits per heavy atom.